The second kappa shape index (κ2) is 9.37. The molecule has 0 saturated carbocycles. The molecule has 0 fully saturated rings. The summed E-state index contributed by atoms with van der Waals surface area (Å²) in [7, 11) is 1.50. The standard InChI is InChI=1S/C10H18N2O6/c1-18-5-3-11-8(13)6-12(7-10(16)17)4-2-9(14)15/h2-7H2,1H3,(H,11,13)(H,14,15)(H,16,17). The summed E-state index contributed by atoms with van der Waals surface area (Å²) >= 11 is 0. The minimum Gasteiger partial charge on any atom is -0.481 e. The lowest BCUT2D eigenvalue weighted by Gasteiger charge is -2.18. The molecule has 0 bridgehead atoms. The number of methoxy groups -OCH3 is 1. The maximum absolute atomic E-state index is 11.4. The van der Waals surface area contributed by atoms with Crippen molar-refractivity contribution in [3.8, 4) is 0 Å². The van der Waals surface area contributed by atoms with Gasteiger partial charge in [0.2, 0.25) is 5.91 Å². The van der Waals surface area contributed by atoms with E-state index in [1.807, 2.05) is 0 Å². The van der Waals surface area contributed by atoms with Crippen LogP contribution in [0.25, 0.3) is 0 Å². The highest BCUT2D eigenvalue weighted by Gasteiger charge is 2.14. The van der Waals surface area contributed by atoms with E-state index in [4.69, 9.17) is 14.9 Å². The SMILES string of the molecule is COCCNC(=O)CN(CCC(=O)O)CC(=O)O. The van der Waals surface area contributed by atoms with Crippen LogP contribution in [0.15, 0.2) is 0 Å². The van der Waals surface area contributed by atoms with Gasteiger partial charge < -0.3 is 20.3 Å². The first-order valence-electron chi connectivity index (χ1n) is 5.37. The fraction of sp³-hybridized carbons (Fsp3) is 0.700. The number of carboxylic acid groups (broad SMARTS) is 2. The summed E-state index contributed by atoms with van der Waals surface area (Å²) in [6, 6.07) is 0. The van der Waals surface area contributed by atoms with Gasteiger partial charge in [-0.3, -0.25) is 19.3 Å². The minimum atomic E-state index is -1.11. The first-order chi connectivity index (χ1) is 8.45. The highest BCUT2D eigenvalue weighted by molar-refractivity contribution is 5.79. The molecule has 0 rings (SSSR count). The smallest absolute Gasteiger partial charge is 0.317 e. The Morgan fingerprint density at radius 2 is 1.83 bits per heavy atom. The fourth-order valence-electron chi connectivity index (χ4n) is 1.21. The Balaban J connectivity index is 4.08. The van der Waals surface area contributed by atoms with E-state index in [0.29, 0.717) is 13.2 Å². The van der Waals surface area contributed by atoms with Crippen molar-refractivity contribution in [2.24, 2.45) is 0 Å². The van der Waals surface area contributed by atoms with Gasteiger partial charge in [-0.1, -0.05) is 0 Å². The lowest BCUT2D eigenvalue weighted by molar-refractivity contribution is -0.141. The van der Waals surface area contributed by atoms with Gasteiger partial charge in [0.05, 0.1) is 26.1 Å². The molecule has 3 N–H and O–H groups in total. The van der Waals surface area contributed by atoms with Gasteiger partial charge >= 0.3 is 11.9 Å². The summed E-state index contributed by atoms with van der Waals surface area (Å²) in [5, 5.41) is 19.7. The molecule has 0 radical (unpaired) electrons. The number of hydrogen-bond acceptors (Lipinski definition) is 5. The second-order valence-electron chi connectivity index (χ2n) is 3.59. The zero-order valence-corrected chi connectivity index (χ0v) is 10.2. The van der Waals surface area contributed by atoms with Crippen molar-refractivity contribution < 1.29 is 29.3 Å². The van der Waals surface area contributed by atoms with Gasteiger partial charge in [0.15, 0.2) is 0 Å². The van der Waals surface area contributed by atoms with Crippen LogP contribution in [0.1, 0.15) is 6.42 Å². The number of carbonyl (C=O) groups excluding carboxylic acids is 1. The quantitative estimate of drug-likeness (QED) is 0.415. The number of ether oxygens (including phenoxy) is 1. The van der Waals surface area contributed by atoms with Crippen LogP contribution in [0.3, 0.4) is 0 Å². The summed E-state index contributed by atoms with van der Waals surface area (Å²) in [4.78, 5) is 33.6. The molecule has 0 aromatic heterocycles. The molecule has 0 aliphatic heterocycles. The predicted molar refractivity (Wildman–Crippen MR) is 61.2 cm³/mol. The van der Waals surface area contributed by atoms with E-state index < -0.39 is 11.9 Å². The van der Waals surface area contributed by atoms with Gasteiger partial charge in [-0.25, -0.2) is 0 Å². The topological polar surface area (TPSA) is 116 Å². The van der Waals surface area contributed by atoms with Crippen molar-refractivity contribution in [3.05, 3.63) is 0 Å². The third-order valence-electron chi connectivity index (χ3n) is 2.00. The fourth-order valence-corrected chi connectivity index (χ4v) is 1.21. The molecule has 0 heterocycles. The molecule has 0 saturated heterocycles. The zero-order valence-electron chi connectivity index (χ0n) is 10.2. The molecule has 8 nitrogen and oxygen atoms in total. The molecule has 0 aromatic carbocycles. The van der Waals surface area contributed by atoms with E-state index >= 15 is 0 Å². The van der Waals surface area contributed by atoms with Crippen molar-refractivity contribution in [1.82, 2.24) is 10.2 Å². The molecule has 1 amide bonds. The molecule has 0 aliphatic rings. The molecule has 0 atom stereocenters. The number of nitrogens with zero attached hydrogens (tertiary/aromatic N) is 1. The number of hydrogen-bond donors (Lipinski definition) is 3. The number of carboxylic acids is 2. The highest BCUT2D eigenvalue weighted by atomic mass is 16.5. The average molecular weight is 262 g/mol. The third kappa shape index (κ3) is 9.55. The van der Waals surface area contributed by atoms with Crippen LogP contribution in [0.5, 0.6) is 0 Å². The number of nitrogens with one attached hydrogen (secondary N) is 1. The predicted octanol–water partition coefficient (Wildman–Crippen LogP) is -1.39. The molecule has 104 valence electrons. The van der Waals surface area contributed by atoms with Crippen LogP contribution in [0.4, 0.5) is 0 Å². The van der Waals surface area contributed by atoms with E-state index in [1.165, 1.54) is 12.0 Å². The van der Waals surface area contributed by atoms with E-state index in [1.54, 1.807) is 0 Å². The molecule has 18 heavy (non-hydrogen) atoms. The zero-order chi connectivity index (χ0) is 14.0. The second-order valence-corrected chi connectivity index (χ2v) is 3.59. The van der Waals surface area contributed by atoms with Gasteiger partial charge in [0.1, 0.15) is 0 Å². The summed E-state index contributed by atoms with van der Waals surface area (Å²) in [6.07, 6.45) is -0.210. The van der Waals surface area contributed by atoms with Gasteiger partial charge in [-0.2, -0.15) is 0 Å². The molecule has 0 spiro atoms. The molecular weight excluding hydrogens is 244 g/mol. The Morgan fingerprint density at radius 1 is 1.17 bits per heavy atom. The number of rotatable bonds is 10. The number of carbonyl (C=O) groups is 3. The van der Waals surface area contributed by atoms with Gasteiger partial charge in [0, 0.05) is 20.2 Å². The Hall–Kier alpha value is -1.67. The summed E-state index contributed by atoms with van der Waals surface area (Å²) in [5.74, 6) is -2.51. The summed E-state index contributed by atoms with van der Waals surface area (Å²) in [6.45, 7) is 0.183. The molecule has 0 aliphatic carbocycles. The highest BCUT2D eigenvalue weighted by Crippen LogP contribution is 1.92. The minimum absolute atomic E-state index is 0.0132. The van der Waals surface area contributed by atoms with Crippen LogP contribution in [0, 0.1) is 0 Å². The first-order valence-corrected chi connectivity index (χ1v) is 5.37. The Labute approximate surface area is 105 Å². The molecule has 0 unspecified atom stereocenters. The monoisotopic (exact) mass is 262 g/mol. The third-order valence-corrected chi connectivity index (χ3v) is 2.00. The van der Waals surface area contributed by atoms with Crippen LogP contribution >= 0.6 is 0 Å². The van der Waals surface area contributed by atoms with E-state index in [2.05, 4.69) is 5.32 Å². The maximum Gasteiger partial charge on any atom is 0.317 e. The Kier molecular flexibility index (Phi) is 8.50. The molecular formula is C10H18N2O6. The van der Waals surface area contributed by atoms with Gasteiger partial charge in [-0.15, -0.1) is 0 Å². The summed E-state index contributed by atoms with van der Waals surface area (Å²) in [5.41, 5.74) is 0. The van der Waals surface area contributed by atoms with Gasteiger partial charge in [-0.05, 0) is 0 Å². The van der Waals surface area contributed by atoms with Crippen LogP contribution in [-0.2, 0) is 19.1 Å². The lowest BCUT2D eigenvalue weighted by Crippen LogP contribution is -2.41. The normalized spacial score (nSPS) is 10.3. The Bertz CT molecular complexity index is 294. The average Bonchev–Trinajstić information content (AvgIpc) is 2.25. The lowest BCUT2D eigenvalue weighted by atomic mass is 10.3. The van der Waals surface area contributed by atoms with Crippen LogP contribution in [0.2, 0.25) is 0 Å². The van der Waals surface area contributed by atoms with Crippen molar-refractivity contribution in [3.63, 3.8) is 0 Å². The molecule has 8 heteroatoms. The summed E-state index contributed by atoms with van der Waals surface area (Å²) < 4.78 is 4.74. The van der Waals surface area contributed by atoms with Gasteiger partial charge in [0.25, 0.3) is 0 Å². The van der Waals surface area contributed by atoms with E-state index in [0.717, 1.165) is 0 Å². The Morgan fingerprint density at radius 3 is 2.33 bits per heavy atom. The van der Waals surface area contributed by atoms with Crippen molar-refractivity contribution >= 4 is 17.8 Å². The first kappa shape index (κ1) is 16.3. The van der Waals surface area contributed by atoms with E-state index in [9.17, 15) is 14.4 Å². The number of amides is 1. The van der Waals surface area contributed by atoms with E-state index in [-0.39, 0.29) is 32.0 Å². The van der Waals surface area contributed by atoms with Crippen LogP contribution in [-0.4, -0.2) is 72.9 Å². The molecule has 0 aromatic rings. The van der Waals surface area contributed by atoms with Crippen LogP contribution < -0.4 is 5.32 Å². The van der Waals surface area contributed by atoms with Crippen molar-refractivity contribution in [2.45, 2.75) is 6.42 Å². The van der Waals surface area contributed by atoms with Crippen molar-refractivity contribution in [2.75, 3.05) is 39.9 Å². The largest absolute Gasteiger partial charge is 0.481 e. The number of aliphatic carboxylic acids is 2. The van der Waals surface area contributed by atoms with Crippen molar-refractivity contribution in [1.29, 1.82) is 0 Å². The maximum atomic E-state index is 11.4.